The SMILES string of the molecule is Cn1cc(-n2ncc3cc(Cl)c(Br)cc32)cn1. The van der Waals surface area contributed by atoms with Crippen molar-refractivity contribution in [1.29, 1.82) is 0 Å². The fourth-order valence-corrected chi connectivity index (χ4v) is 2.25. The average Bonchev–Trinajstić information content (AvgIpc) is 2.86. The van der Waals surface area contributed by atoms with Gasteiger partial charge in [-0.25, -0.2) is 4.68 Å². The maximum atomic E-state index is 6.05. The Labute approximate surface area is 111 Å². The van der Waals surface area contributed by atoms with Crippen LogP contribution in [0.25, 0.3) is 16.6 Å². The lowest BCUT2D eigenvalue weighted by Gasteiger charge is -2.01. The number of aromatic nitrogens is 4. The molecule has 0 spiro atoms. The number of fused-ring (bicyclic) bond motifs is 1. The second kappa shape index (κ2) is 3.85. The van der Waals surface area contributed by atoms with Crippen LogP contribution in [0, 0.1) is 0 Å². The van der Waals surface area contributed by atoms with Crippen LogP contribution in [-0.2, 0) is 7.05 Å². The molecule has 1 aromatic carbocycles. The Balaban J connectivity index is 2.27. The molecule has 0 radical (unpaired) electrons. The van der Waals surface area contributed by atoms with E-state index in [1.165, 1.54) is 0 Å². The molecule has 0 bridgehead atoms. The predicted molar refractivity (Wildman–Crippen MR) is 70.5 cm³/mol. The van der Waals surface area contributed by atoms with Crippen molar-refractivity contribution in [2.24, 2.45) is 7.05 Å². The van der Waals surface area contributed by atoms with Crippen LogP contribution in [-0.4, -0.2) is 19.6 Å². The van der Waals surface area contributed by atoms with Crippen molar-refractivity contribution >= 4 is 38.4 Å². The predicted octanol–water partition coefficient (Wildman–Crippen LogP) is 3.17. The minimum atomic E-state index is 0.684. The van der Waals surface area contributed by atoms with Gasteiger partial charge in [-0.2, -0.15) is 10.2 Å². The summed E-state index contributed by atoms with van der Waals surface area (Å²) in [5.41, 5.74) is 1.92. The van der Waals surface area contributed by atoms with Crippen LogP contribution < -0.4 is 0 Å². The summed E-state index contributed by atoms with van der Waals surface area (Å²) in [6.45, 7) is 0. The average molecular weight is 312 g/mol. The molecule has 3 rings (SSSR count). The summed E-state index contributed by atoms with van der Waals surface area (Å²) < 4.78 is 4.44. The first-order chi connectivity index (χ1) is 8.15. The molecule has 0 fully saturated rings. The Morgan fingerprint density at radius 2 is 2.06 bits per heavy atom. The summed E-state index contributed by atoms with van der Waals surface area (Å²) in [6, 6.07) is 3.85. The lowest BCUT2D eigenvalue weighted by Crippen LogP contribution is -1.94. The van der Waals surface area contributed by atoms with Crippen LogP contribution in [0.15, 0.2) is 35.2 Å². The fourth-order valence-electron chi connectivity index (χ4n) is 1.74. The van der Waals surface area contributed by atoms with Gasteiger partial charge in [0.2, 0.25) is 0 Å². The summed E-state index contributed by atoms with van der Waals surface area (Å²) in [4.78, 5) is 0. The number of hydrogen-bond donors (Lipinski definition) is 0. The molecule has 2 heterocycles. The van der Waals surface area contributed by atoms with Crippen LogP contribution >= 0.6 is 27.5 Å². The highest BCUT2D eigenvalue weighted by molar-refractivity contribution is 9.10. The zero-order valence-corrected chi connectivity index (χ0v) is 11.3. The topological polar surface area (TPSA) is 35.6 Å². The van der Waals surface area contributed by atoms with E-state index in [1.807, 2.05) is 30.1 Å². The molecule has 0 N–H and O–H groups in total. The van der Waals surface area contributed by atoms with E-state index in [1.54, 1.807) is 17.1 Å². The Morgan fingerprint density at radius 3 is 2.76 bits per heavy atom. The minimum Gasteiger partial charge on any atom is -0.274 e. The van der Waals surface area contributed by atoms with Gasteiger partial charge in [0.25, 0.3) is 0 Å². The van der Waals surface area contributed by atoms with Crippen molar-refractivity contribution < 1.29 is 0 Å². The van der Waals surface area contributed by atoms with E-state index in [0.29, 0.717) is 5.02 Å². The molecule has 3 aromatic rings. The van der Waals surface area contributed by atoms with Crippen molar-refractivity contribution in [3.05, 3.63) is 40.2 Å². The van der Waals surface area contributed by atoms with Crippen LogP contribution in [0.5, 0.6) is 0 Å². The molecule has 0 atom stereocenters. The zero-order chi connectivity index (χ0) is 12.0. The Bertz CT molecular complexity index is 701. The van der Waals surface area contributed by atoms with Crippen LogP contribution in [0.1, 0.15) is 0 Å². The molecule has 0 saturated carbocycles. The summed E-state index contributed by atoms with van der Waals surface area (Å²) in [5.74, 6) is 0. The van der Waals surface area contributed by atoms with Crippen LogP contribution in [0.2, 0.25) is 5.02 Å². The number of halogens is 2. The highest BCUT2D eigenvalue weighted by Gasteiger charge is 2.09. The van der Waals surface area contributed by atoms with Crippen LogP contribution in [0.3, 0.4) is 0 Å². The standard InChI is InChI=1S/C11H8BrClN4/c1-16-6-8(5-14-16)17-11-3-9(12)10(13)2-7(11)4-15-17/h2-6H,1H3. The first-order valence-electron chi connectivity index (χ1n) is 4.97. The summed E-state index contributed by atoms with van der Waals surface area (Å²) >= 11 is 9.47. The lowest BCUT2D eigenvalue weighted by molar-refractivity contribution is 0.766. The molecule has 0 aliphatic heterocycles. The van der Waals surface area contributed by atoms with Gasteiger partial charge in [-0.1, -0.05) is 11.6 Å². The third-order valence-electron chi connectivity index (χ3n) is 2.55. The van der Waals surface area contributed by atoms with E-state index in [4.69, 9.17) is 11.6 Å². The largest absolute Gasteiger partial charge is 0.274 e. The maximum absolute atomic E-state index is 6.05. The number of benzene rings is 1. The molecular weight excluding hydrogens is 304 g/mol. The van der Waals surface area contributed by atoms with Gasteiger partial charge in [0, 0.05) is 16.9 Å². The molecule has 6 heteroatoms. The quantitative estimate of drug-likeness (QED) is 0.692. The van der Waals surface area contributed by atoms with Crippen molar-refractivity contribution in [2.75, 3.05) is 0 Å². The summed E-state index contributed by atoms with van der Waals surface area (Å²) in [6.07, 6.45) is 5.48. The Kier molecular flexibility index (Phi) is 2.45. The van der Waals surface area contributed by atoms with Gasteiger partial charge in [0.15, 0.2) is 0 Å². The molecule has 0 aliphatic carbocycles. The molecule has 2 aromatic heterocycles. The Hall–Kier alpha value is -1.33. The molecule has 0 amide bonds. The van der Waals surface area contributed by atoms with Gasteiger partial charge in [-0.3, -0.25) is 4.68 Å². The lowest BCUT2D eigenvalue weighted by atomic mass is 10.2. The number of aryl methyl sites for hydroxylation is 1. The number of nitrogens with zero attached hydrogens (tertiary/aromatic N) is 4. The van der Waals surface area contributed by atoms with Crippen molar-refractivity contribution in [3.8, 4) is 5.69 Å². The Morgan fingerprint density at radius 1 is 1.24 bits per heavy atom. The highest BCUT2D eigenvalue weighted by atomic mass is 79.9. The minimum absolute atomic E-state index is 0.684. The molecule has 0 saturated heterocycles. The molecular formula is C11H8BrClN4. The number of hydrogen-bond acceptors (Lipinski definition) is 2. The first-order valence-corrected chi connectivity index (χ1v) is 6.14. The van der Waals surface area contributed by atoms with Crippen molar-refractivity contribution in [2.45, 2.75) is 0 Å². The second-order valence-electron chi connectivity index (χ2n) is 3.75. The normalized spacial score (nSPS) is 11.2. The van der Waals surface area contributed by atoms with Crippen molar-refractivity contribution in [1.82, 2.24) is 19.6 Å². The van der Waals surface area contributed by atoms with Crippen LogP contribution in [0.4, 0.5) is 0 Å². The van der Waals surface area contributed by atoms with Gasteiger partial charge < -0.3 is 0 Å². The van der Waals surface area contributed by atoms with Crippen molar-refractivity contribution in [3.63, 3.8) is 0 Å². The number of rotatable bonds is 1. The molecule has 86 valence electrons. The maximum Gasteiger partial charge on any atom is 0.103 e. The zero-order valence-electron chi connectivity index (χ0n) is 8.93. The summed E-state index contributed by atoms with van der Waals surface area (Å²) in [7, 11) is 1.88. The molecule has 4 nitrogen and oxygen atoms in total. The fraction of sp³-hybridized carbons (Fsp3) is 0.0909. The third-order valence-corrected chi connectivity index (χ3v) is 3.74. The van der Waals surface area contributed by atoms with E-state index in [0.717, 1.165) is 21.1 Å². The van der Waals surface area contributed by atoms with E-state index in [-0.39, 0.29) is 0 Å². The third kappa shape index (κ3) is 1.75. The smallest absolute Gasteiger partial charge is 0.103 e. The first kappa shape index (κ1) is 10.8. The molecule has 0 aliphatic rings. The second-order valence-corrected chi connectivity index (χ2v) is 5.02. The monoisotopic (exact) mass is 310 g/mol. The van der Waals surface area contributed by atoms with Gasteiger partial charge in [-0.05, 0) is 28.1 Å². The van der Waals surface area contributed by atoms with Gasteiger partial charge >= 0.3 is 0 Å². The van der Waals surface area contributed by atoms with E-state index >= 15 is 0 Å². The summed E-state index contributed by atoms with van der Waals surface area (Å²) in [5, 5.41) is 10.2. The van der Waals surface area contributed by atoms with Gasteiger partial charge in [0.05, 0.1) is 29.1 Å². The molecule has 0 unspecified atom stereocenters. The van der Waals surface area contributed by atoms with Gasteiger partial charge in [-0.15, -0.1) is 0 Å². The highest BCUT2D eigenvalue weighted by Crippen LogP contribution is 2.29. The van der Waals surface area contributed by atoms with E-state index in [2.05, 4.69) is 26.1 Å². The van der Waals surface area contributed by atoms with E-state index < -0.39 is 0 Å². The van der Waals surface area contributed by atoms with E-state index in [9.17, 15) is 0 Å². The van der Waals surface area contributed by atoms with Gasteiger partial charge in [0.1, 0.15) is 5.69 Å². The molecule has 17 heavy (non-hydrogen) atoms.